The smallest absolute Gasteiger partial charge is 0.338 e. The predicted octanol–water partition coefficient (Wildman–Crippen LogP) is 3.79. The minimum Gasteiger partial charge on any atom is -0.493 e. The zero-order valence-electron chi connectivity index (χ0n) is 17.1. The Balaban J connectivity index is 1.71. The fraction of sp³-hybridized carbons (Fsp3) is 0.333. The van der Waals surface area contributed by atoms with Crippen molar-refractivity contribution in [3.8, 4) is 11.5 Å². The van der Waals surface area contributed by atoms with Gasteiger partial charge in [-0.05, 0) is 43.5 Å². The Labute approximate surface area is 183 Å². The Kier molecular flexibility index (Phi) is 6.96. The van der Waals surface area contributed by atoms with Crippen LogP contribution in [0.15, 0.2) is 30.3 Å². The van der Waals surface area contributed by atoms with Gasteiger partial charge in [0.25, 0.3) is 11.6 Å². The van der Waals surface area contributed by atoms with Gasteiger partial charge in [-0.2, -0.15) is 0 Å². The molecular formula is C21H21ClN2O7. The number of halogens is 1. The van der Waals surface area contributed by atoms with Crippen LogP contribution in [0.25, 0.3) is 0 Å². The van der Waals surface area contributed by atoms with Gasteiger partial charge in [0.1, 0.15) is 0 Å². The minimum atomic E-state index is -0.738. The summed E-state index contributed by atoms with van der Waals surface area (Å²) in [5.74, 6) is -0.567. The van der Waals surface area contributed by atoms with Gasteiger partial charge in [0.2, 0.25) is 0 Å². The molecule has 0 bridgehead atoms. The minimum absolute atomic E-state index is 0.0270. The Morgan fingerprint density at radius 2 is 2.03 bits per heavy atom. The first-order valence-electron chi connectivity index (χ1n) is 9.60. The lowest BCUT2D eigenvalue weighted by molar-refractivity contribution is -0.384. The summed E-state index contributed by atoms with van der Waals surface area (Å²) >= 11 is 6.18. The van der Waals surface area contributed by atoms with Crippen LogP contribution in [-0.2, 0) is 16.0 Å². The number of rotatable bonds is 7. The van der Waals surface area contributed by atoms with Crippen LogP contribution < -0.4 is 14.4 Å². The summed E-state index contributed by atoms with van der Waals surface area (Å²) in [5, 5.41) is 11.2. The zero-order valence-corrected chi connectivity index (χ0v) is 17.8. The van der Waals surface area contributed by atoms with Crippen LogP contribution in [0.1, 0.15) is 29.3 Å². The number of methoxy groups -OCH3 is 1. The van der Waals surface area contributed by atoms with E-state index in [1.54, 1.807) is 13.0 Å². The maximum absolute atomic E-state index is 12.7. The number of aryl methyl sites for hydroxylation is 1. The van der Waals surface area contributed by atoms with Crippen LogP contribution in [0.5, 0.6) is 11.5 Å². The molecule has 0 saturated carbocycles. The maximum Gasteiger partial charge on any atom is 0.338 e. The van der Waals surface area contributed by atoms with Crippen LogP contribution >= 0.6 is 11.6 Å². The molecule has 164 valence electrons. The normalized spacial score (nSPS) is 12.7. The van der Waals surface area contributed by atoms with Crippen molar-refractivity contribution in [2.75, 3.05) is 31.8 Å². The molecule has 1 amide bonds. The Hall–Kier alpha value is -3.33. The second-order valence-corrected chi connectivity index (χ2v) is 7.12. The number of esters is 1. The van der Waals surface area contributed by atoms with E-state index in [1.807, 2.05) is 0 Å². The summed E-state index contributed by atoms with van der Waals surface area (Å²) in [6, 6.07) is 7.18. The van der Waals surface area contributed by atoms with E-state index in [0.717, 1.165) is 0 Å². The lowest BCUT2D eigenvalue weighted by Crippen LogP contribution is -2.38. The molecule has 1 aliphatic rings. The van der Waals surface area contributed by atoms with E-state index < -0.39 is 23.4 Å². The molecule has 0 atom stereocenters. The topological polar surface area (TPSA) is 108 Å². The summed E-state index contributed by atoms with van der Waals surface area (Å²) in [7, 11) is 1.42. The van der Waals surface area contributed by atoms with Crippen molar-refractivity contribution in [2.45, 2.75) is 19.8 Å². The lowest BCUT2D eigenvalue weighted by atomic mass is 10.0. The predicted molar refractivity (Wildman–Crippen MR) is 113 cm³/mol. The SMILES string of the molecule is CCOc1c(Cl)cc(C(=O)OCC(=O)N2CCCc3cc([N+](=O)[O-])ccc32)cc1OC. The van der Waals surface area contributed by atoms with Gasteiger partial charge < -0.3 is 19.1 Å². The number of benzene rings is 2. The zero-order chi connectivity index (χ0) is 22.5. The molecule has 0 saturated heterocycles. The molecule has 9 nitrogen and oxygen atoms in total. The number of hydrogen-bond donors (Lipinski definition) is 0. The molecule has 2 aromatic rings. The Morgan fingerprint density at radius 3 is 2.71 bits per heavy atom. The molecule has 10 heteroatoms. The van der Waals surface area contributed by atoms with Crippen molar-refractivity contribution in [3.63, 3.8) is 0 Å². The van der Waals surface area contributed by atoms with Gasteiger partial charge in [0.15, 0.2) is 18.1 Å². The first-order valence-corrected chi connectivity index (χ1v) is 9.98. The van der Waals surface area contributed by atoms with Crippen LogP contribution in [-0.4, -0.2) is 43.7 Å². The van der Waals surface area contributed by atoms with Crippen molar-refractivity contribution < 1.29 is 28.7 Å². The van der Waals surface area contributed by atoms with E-state index in [1.165, 1.54) is 36.3 Å². The number of nitro groups is 1. The maximum atomic E-state index is 12.7. The highest BCUT2D eigenvalue weighted by atomic mass is 35.5. The summed E-state index contributed by atoms with van der Waals surface area (Å²) in [5.41, 5.74) is 1.39. The molecule has 0 fully saturated rings. The fourth-order valence-electron chi connectivity index (χ4n) is 3.37. The number of non-ortho nitro benzene ring substituents is 1. The first kappa shape index (κ1) is 22.4. The van der Waals surface area contributed by atoms with Crippen LogP contribution in [0.3, 0.4) is 0 Å². The van der Waals surface area contributed by atoms with Gasteiger partial charge >= 0.3 is 5.97 Å². The molecule has 0 N–H and O–H groups in total. The van der Waals surface area contributed by atoms with Gasteiger partial charge in [-0.15, -0.1) is 0 Å². The van der Waals surface area contributed by atoms with E-state index in [2.05, 4.69) is 0 Å². The monoisotopic (exact) mass is 448 g/mol. The van der Waals surface area contributed by atoms with E-state index in [4.69, 9.17) is 25.8 Å². The van der Waals surface area contributed by atoms with Crippen molar-refractivity contribution in [1.82, 2.24) is 0 Å². The van der Waals surface area contributed by atoms with Crippen molar-refractivity contribution in [3.05, 3.63) is 56.6 Å². The van der Waals surface area contributed by atoms with Gasteiger partial charge in [0, 0.05) is 24.4 Å². The molecule has 31 heavy (non-hydrogen) atoms. The molecule has 1 aliphatic heterocycles. The summed E-state index contributed by atoms with van der Waals surface area (Å²) in [6.07, 6.45) is 1.28. The number of carbonyl (C=O) groups is 2. The van der Waals surface area contributed by atoms with Crippen LogP contribution in [0.4, 0.5) is 11.4 Å². The summed E-state index contributed by atoms with van der Waals surface area (Å²) < 4.78 is 15.8. The van der Waals surface area contributed by atoms with E-state index in [0.29, 0.717) is 43.0 Å². The molecular weight excluding hydrogens is 428 g/mol. The number of amides is 1. The number of fused-ring (bicyclic) bond motifs is 1. The molecule has 0 aliphatic carbocycles. The lowest BCUT2D eigenvalue weighted by Gasteiger charge is -2.29. The second kappa shape index (κ2) is 9.65. The quantitative estimate of drug-likeness (QED) is 0.360. The van der Waals surface area contributed by atoms with E-state index >= 15 is 0 Å². The average molecular weight is 449 g/mol. The largest absolute Gasteiger partial charge is 0.493 e. The van der Waals surface area contributed by atoms with Crippen molar-refractivity contribution in [2.24, 2.45) is 0 Å². The van der Waals surface area contributed by atoms with Gasteiger partial charge in [-0.25, -0.2) is 4.79 Å². The molecule has 2 aromatic carbocycles. The first-order chi connectivity index (χ1) is 14.8. The third-order valence-corrected chi connectivity index (χ3v) is 5.05. The molecule has 0 spiro atoms. The van der Waals surface area contributed by atoms with Crippen LogP contribution in [0.2, 0.25) is 5.02 Å². The van der Waals surface area contributed by atoms with Gasteiger partial charge in [-0.1, -0.05) is 11.6 Å². The van der Waals surface area contributed by atoms with Gasteiger partial charge in [0.05, 0.1) is 29.2 Å². The number of nitro benzene ring substituents is 1. The van der Waals surface area contributed by atoms with Gasteiger partial charge in [-0.3, -0.25) is 14.9 Å². The summed E-state index contributed by atoms with van der Waals surface area (Å²) in [6.45, 7) is 2.11. The Bertz CT molecular complexity index is 1030. The Morgan fingerprint density at radius 1 is 1.26 bits per heavy atom. The molecule has 0 aromatic heterocycles. The number of ether oxygens (including phenoxy) is 3. The van der Waals surface area contributed by atoms with Crippen LogP contribution in [0, 0.1) is 10.1 Å². The molecule has 3 rings (SSSR count). The number of carbonyl (C=O) groups excluding carboxylic acids is 2. The third kappa shape index (κ3) is 4.88. The average Bonchev–Trinajstić information content (AvgIpc) is 2.77. The molecule has 1 heterocycles. The van der Waals surface area contributed by atoms with Crippen molar-refractivity contribution in [1.29, 1.82) is 0 Å². The third-order valence-electron chi connectivity index (χ3n) is 4.77. The van der Waals surface area contributed by atoms with Crippen molar-refractivity contribution >= 4 is 34.9 Å². The highest BCUT2D eigenvalue weighted by Crippen LogP contribution is 2.36. The van der Waals surface area contributed by atoms with E-state index in [-0.39, 0.29) is 22.0 Å². The standard InChI is InChI=1S/C21H21ClN2O7/c1-3-30-20-16(22)10-14(11-18(20)29-2)21(26)31-12-19(25)23-8-4-5-13-9-15(24(27)28)6-7-17(13)23/h6-7,9-11H,3-5,8,12H2,1-2H3. The highest BCUT2D eigenvalue weighted by Gasteiger charge is 2.25. The second-order valence-electron chi connectivity index (χ2n) is 6.72. The van der Waals surface area contributed by atoms with E-state index in [9.17, 15) is 19.7 Å². The molecule has 0 radical (unpaired) electrons. The number of anilines is 1. The summed E-state index contributed by atoms with van der Waals surface area (Å²) in [4.78, 5) is 37.1. The number of hydrogen-bond acceptors (Lipinski definition) is 7. The highest BCUT2D eigenvalue weighted by molar-refractivity contribution is 6.32. The molecule has 0 unspecified atom stereocenters. The fourth-order valence-corrected chi connectivity index (χ4v) is 3.63. The number of nitrogens with zero attached hydrogens (tertiary/aromatic N) is 2.